The monoisotopic (exact) mass is 491 g/mol. The maximum absolute atomic E-state index is 14.0. The number of alkyl halides is 2. The van der Waals surface area contributed by atoms with Gasteiger partial charge in [0.25, 0.3) is 6.43 Å². The molecule has 8 nitrogen and oxygen atoms in total. The van der Waals surface area contributed by atoms with Gasteiger partial charge in [-0.2, -0.15) is 0 Å². The molecule has 1 saturated carbocycles. The molecule has 34 heavy (non-hydrogen) atoms. The van der Waals surface area contributed by atoms with Crippen LogP contribution >= 0.6 is 0 Å². The van der Waals surface area contributed by atoms with Crippen molar-refractivity contribution in [3.8, 4) is 0 Å². The number of benzene rings is 1. The number of anilines is 3. The molecule has 0 spiro atoms. The zero-order chi connectivity index (χ0) is 24.0. The molecule has 2 aromatic heterocycles. The number of ether oxygens (including phenoxy) is 1. The summed E-state index contributed by atoms with van der Waals surface area (Å²) in [6, 6.07) is 6.79. The van der Waals surface area contributed by atoms with E-state index >= 15 is 0 Å². The van der Waals surface area contributed by atoms with Gasteiger partial charge in [0.1, 0.15) is 17.6 Å². The zero-order valence-electron chi connectivity index (χ0n) is 18.8. The number of fused-ring (bicyclic) bond motifs is 1. The summed E-state index contributed by atoms with van der Waals surface area (Å²) in [5, 5.41) is 3.09. The molecule has 3 aromatic rings. The maximum Gasteiger partial charge on any atom is 0.295 e. The highest BCUT2D eigenvalue weighted by Gasteiger charge is 2.29. The Labute approximate surface area is 196 Å². The Kier molecular flexibility index (Phi) is 5.93. The van der Waals surface area contributed by atoms with Crippen LogP contribution in [0.1, 0.15) is 68.5 Å². The largest absolute Gasteiger partial charge is 0.384 e. The first-order valence-corrected chi connectivity index (χ1v) is 13.3. The van der Waals surface area contributed by atoms with Crippen LogP contribution in [0.15, 0.2) is 29.2 Å². The van der Waals surface area contributed by atoms with Crippen LogP contribution in [0, 0.1) is 0 Å². The van der Waals surface area contributed by atoms with Crippen molar-refractivity contribution in [1.82, 2.24) is 14.5 Å². The summed E-state index contributed by atoms with van der Waals surface area (Å²) in [4.78, 5) is 8.62. The molecule has 2 fully saturated rings. The third kappa shape index (κ3) is 4.22. The lowest BCUT2D eigenvalue weighted by atomic mass is 9.80. The lowest BCUT2D eigenvalue weighted by Gasteiger charge is -2.26. The minimum Gasteiger partial charge on any atom is -0.384 e. The first-order chi connectivity index (χ1) is 16.2. The first kappa shape index (κ1) is 23.0. The molecule has 1 aliphatic heterocycles. The molecule has 1 atom stereocenters. The van der Waals surface area contributed by atoms with Gasteiger partial charge in [0.05, 0.1) is 16.3 Å². The summed E-state index contributed by atoms with van der Waals surface area (Å²) in [7, 11) is -3.57. The maximum atomic E-state index is 14.0. The van der Waals surface area contributed by atoms with E-state index in [-0.39, 0.29) is 21.9 Å². The van der Waals surface area contributed by atoms with E-state index in [4.69, 9.17) is 10.5 Å². The smallest absolute Gasteiger partial charge is 0.295 e. The van der Waals surface area contributed by atoms with Gasteiger partial charge in [-0.1, -0.05) is 12.5 Å². The van der Waals surface area contributed by atoms with E-state index < -0.39 is 28.3 Å². The van der Waals surface area contributed by atoms with Crippen LogP contribution in [-0.2, 0) is 14.6 Å². The molecule has 0 amide bonds. The third-order valence-electron chi connectivity index (χ3n) is 6.59. The molecule has 0 radical (unpaired) electrons. The molecule has 5 rings (SSSR count). The fraction of sp³-hybridized carbons (Fsp3) is 0.478. The first-order valence-electron chi connectivity index (χ1n) is 11.4. The van der Waals surface area contributed by atoms with Gasteiger partial charge in [-0.3, -0.25) is 4.57 Å². The van der Waals surface area contributed by atoms with Crippen LogP contribution < -0.4 is 11.1 Å². The minimum absolute atomic E-state index is 0.0970. The van der Waals surface area contributed by atoms with E-state index in [2.05, 4.69) is 15.3 Å². The van der Waals surface area contributed by atoms with Gasteiger partial charge in [0.15, 0.2) is 21.3 Å². The number of imidazole rings is 1. The van der Waals surface area contributed by atoms with Gasteiger partial charge in [-0.15, -0.1) is 0 Å². The molecule has 182 valence electrons. The summed E-state index contributed by atoms with van der Waals surface area (Å²) in [5.41, 5.74) is 8.02. The molecule has 1 aliphatic carbocycles. The highest BCUT2D eigenvalue weighted by atomic mass is 32.2. The van der Waals surface area contributed by atoms with Crippen LogP contribution in [-0.4, -0.2) is 35.8 Å². The van der Waals surface area contributed by atoms with Crippen LogP contribution in [0.2, 0.25) is 0 Å². The molecule has 1 saturated heterocycles. The zero-order valence-corrected chi connectivity index (χ0v) is 19.6. The van der Waals surface area contributed by atoms with Crippen molar-refractivity contribution >= 4 is 38.2 Å². The Balaban J connectivity index is 1.62. The summed E-state index contributed by atoms with van der Waals surface area (Å²) < 4.78 is 60.2. The van der Waals surface area contributed by atoms with Crippen molar-refractivity contribution in [3.63, 3.8) is 0 Å². The van der Waals surface area contributed by atoms with Crippen LogP contribution in [0.5, 0.6) is 0 Å². The van der Waals surface area contributed by atoms with E-state index in [0.717, 1.165) is 43.9 Å². The highest BCUT2D eigenvalue weighted by molar-refractivity contribution is 7.90. The predicted octanol–water partition coefficient (Wildman–Crippen LogP) is 5.06. The topological polar surface area (TPSA) is 112 Å². The number of aromatic nitrogens is 3. The van der Waals surface area contributed by atoms with Crippen molar-refractivity contribution in [2.45, 2.75) is 62.0 Å². The van der Waals surface area contributed by atoms with Gasteiger partial charge in [-0.25, -0.2) is 27.2 Å². The van der Waals surface area contributed by atoms with Crippen molar-refractivity contribution in [3.05, 3.63) is 35.7 Å². The molecule has 3 N–H and O–H groups in total. The Bertz CT molecular complexity index is 1330. The Morgan fingerprint density at radius 2 is 1.91 bits per heavy atom. The SMILES string of the molecule is CS(=O)(=O)c1cc(C2CCC2)ccc1Nc1cc(N)nc2c1nc(C(F)F)n2C1CCCCO1. The average molecular weight is 492 g/mol. The normalized spacial score (nSPS) is 19.5. The van der Waals surface area contributed by atoms with Gasteiger partial charge in [0.2, 0.25) is 0 Å². The number of nitrogens with one attached hydrogen (secondary N) is 1. The van der Waals surface area contributed by atoms with Gasteiger partial charge < -0.3 is 15.8 Å². The summed E-state index contributed by atoms with van der Waals surface area (Å²) >= 11 is 0. The minimum atomic E-state index is -3.57. The molecular weight excluding hydrogens is 464 g/mol. The van der Waals surface area contributed by atoms with Crippen molar-refractivity contribution in [1.29, 1.82) is 0 Å². The van der Waals surface area contributed by atoms with Crippen LogP contribution in [0.4, 0.5) is 26.0 Å². The third-order valence-corrected chi connectivity index (χ3v) is 7.72. The van der Waals surface area contributed by atoms with Crippen molar-refractivity contribution in [2.24, 2.45) is 0 Å². The number of pyridine rings is 1. The number of nitrogens with two attached hydrogens (primary N) is 1. The van der Waals surface area contributed by atoms with E-state index in [1.165, 1.54) is 10.6 Å². The second-order valence-electron chi connectivity index (χ2n) is 9.01. The van der Waals surface area contributed by atoms with Crippen molar-refractivity contribution < 1.29 is 21.9 Å². The van der Waals surface area contributed by atoms with E-state index in [0.29, 0.717) is 30.3 Å². The molecule has 1 unspecified atom stereocenters. The number of rotatable bonds is 6. The lowest BCUT2D eigenvalue weighted by molar-refractivity contribution is -0.0363. The summed E-state index contributed by atoms with van der Waals surface area (Å²) in [6.07, 6.45) is 3.16. The number of sulfone groups is 1. The number of hydrogen-bond donors (Lipinski definition) is 2. The molecular formula is C23H27F2N5O3S. The fourth-order valence-electron chi connectivity index (χ4n) is 4.65. The summed E-state index contributed by atoms with van der Waals surface area (Å²) in [5.74, 6) is 0.00380. The molecule has 3 heterocycles. The average Bonchev–Trinajstić information content (AvgIpc) is 3.13. The molecule has 11 heteroatoms. The Hall–Kier alpha value is -2.79. The van der Waals surface area contributed by atoms with Crippen LogP contribution in [0.25, 0.3) is 11.2 Å². The number of halogens is 2. The Morgan fingerprint density at radius 3 is 2.53 bits per heavy atom. The Morgan fingerprint density at radius 1 is 1.12 bits per heavy atom. The van der Waals surface area contributed by atoms with Crippen LogP contribution in [0.3, 0.4) is 0 Å². The van der Waals surface area contributed by atoms with E-state index in [9.17, 15) is 17.2 Å². The predicted molar refractivity (Wildman–Crippen MR) is 125 cm³/mol. The molecule has 0 bridgehead atoms. The highest BCUT2D eigenvalue weighted by Crippen LogP contribution is 2.40. The fourth-order valence-corrected chi connectivity index (χ4v) is 5.52. The quantitative estimate of drug-likeness (QED) is 0.495. The second kappa shape index (κ2) is 8.77. The number of nitrogen functional groups attached to an aromatic ring is 1. The number of hydrogen-bond acceptors (Lipinski definition) is 7. The molecule has 2 aliphatic rings. The standard InChI is InChI=1S/C23H27F2N5O3S/c1-34(31,32)17-11-14(13-5-4-6-13)8-9-15(17)27-16-12-18(26)28-22-20(16)29-23(21(24)25)30(22)19-7-2-3-10-33-19/h8-9,11-13,19,21H,2-7,10H2,1H3,(H3,26,27,28). The summed E-state index contributed by atoms with van der Waals surface area (Å²) in [6.45, 7) is 0.464. The number of nitrogens with zero attached hydrogens (tertiary/aromatic N) is 3. The second-order valence-corrected chi connectivity index (χ2v) is 11.0. The van der Waals surface area contributed by atoms with E-state index in [1.807, 2.05) is 6.07 Å². The van der Waals surface area contributed by atoms with Crippen molar-refractivity contribution in [2.75, 3.05) is 23.9 Å². The van der Waals surface area contributed by atoms with Gasteiger partial charge in [0, 0.05) is 18.9 Å². The lowest BCUT2D eigenvalue weighted by Crippen LogP contribution is -2.20. The van der Waals surface area contributed by atoms with E-state index in [1.54, 1.807) is 12.1 Å². The molecule has 1 aromatic carbocycles. The van der Waals surface area contributed by atoms with Gasteiger partial charge >= 0.3 is 0 Å². The van der Waals surface area contributed by atoms with Gasteiger partial charge in [-0.05, 0) is 55.7 Å².